The van der Waals surface area contributed by atoms with Crippen LogP contribution in [0, 0.1) is 6.92 Å². The zero-order chi connectivity index (χ0) is 20.3. The second-order valence-corrected chi connectivity index (χ2v) is 9.25. The molecule has 3 aromatic rings. The maximum Gasteiger partial charge on any atom is 0.322 e. The summed E-state index contributed by atoms with van der Waals surface area (Å²) in [6.07, 6.45) is 0.194. The normalized spacial score (nSPS) is 11.6. The van der Waals surface area contributed by atoms with Crippen LogP contribution in [-0.4, -0.2) is 29.8 Å². The molecule has 0 atom stereocenters. The molecule has 8 heteroatoms. The SMILES string of the molecule is Cc1ccc(CC(=O)Nc2nnc(-c3ccc(S(=O)(=O)C(C)C)cc3)o2)cc1. The Labute approximate surface area is 163 Å². The molecule has 1 amide bonds. The highest BCUT2D eigenvalue weighted by Gasteiger charge is 2.19. The van der Waals surface area contributed by atoms with Gasteiger partial charge in [-0.25, -0.2) is 8.42 Å². The number of carbonyl (C=O) groups is 1. The molecule has 0 fully saturated rings. The summed E-state index contributed by atoms with van der Waals surface area (Å²) in [5.74, 6) is -0.0726. The van der Waals surface area contributed by atoms with E-state index in [9.17, 15) is 13.2 Å². The average Bonchev–Trinajstić information content (AvgIpc) is 3.12. The van der Waals surface area contributed by atoms with Crippen molar-refractivity contribution in [1.82, 2.24) is 10.2 Å². The number of nitrogens with zero attached hydrogens (tertiary/aromatic N) is 2. The third-order valence-corrected chi connectivity index (χ3v) is 6.38. The third kappa shape index (κ3) is 4.45. The topological polar surface area (TPSA) is 102 Å². The van der Waals surface area contributed by atoms with E-state index in [1.54, 1.807) is 26.0 Å². The first kappa shape index (κ1) is 19.8. The minimum Gasteiger partial charge on any atom is -0.403 e. The van der Waals surface area contributed by atoms with Crippen LogP contribution in [0.1, 0.15) is 25.0 Å². The molecule has 0 aliphatic heterocycles. The fourth-order valence-electron chi connectivity index (χ4n) is 2.50. The number of hydrogen-bond acceptors (Lipinski definition) is 6. The molecule has 0 bridgehead atoms. The van der Waals surface area contributed by atoms with Gasteiger partial charge < -0.3 is 4.42 Å². The Morgan fingerprint density at radius 1 is 1.04 bits per heavy atom. The van der Waals surface area contributed by atoms with Crippen molar-refractivity contribution in [2.24, 2.45) is 0 Å². The van der Waals surface area contributed by atoms with E-state index in [0.29, 0.717) is 5.56 Å². The molecule has 0 aliphatic rings. The van der Waals surface area contributed by atoms with Gasteiger partial charge in [-0.05, 0) is 50.6 Å². The summed E-state index contributed by atoms with van der Waals surface area (Å²) in [4.78, 5) is 12.4. The average molecular weight is 399 g/mol. The van der Waals surface area contributed by atoms with Gasteiger partial charge in [-0.3, -0.25) is 10.1 Å². The molecule has 0 unspecified atom stereocenters. The molecule has 0 saturated heterocycles. The highest BCUT2D eigenvalue weighted by Crippen LogP contribution is 2.23. The van der Waals surface area contributed by atoms with Crippen LogP contribution in [0.5, 0.6) is 0 Å². The zero-order valence-corrected chi connectivity index (χ0v) is 16.7. The van der Waals surface area contributed by atoms with Gasteiger partial charge in [0.1, 0.15) is 0 Å². The van der Waals surface area contributed by atoms with Gasteiger partial charge in [-0.1, -0.05) is 34.9 Å². The molecule has 28 heavy (non-hydrogen) atoms. The number of amides is 1. The number of nitrogens with one attached hydrogen (secondary N) is 1. The lowest BCUT2D eigenvalue weighted by Gasteiger charge is -2.07. The third-order valence-electron chi connectivity index (χ3n) is 4.21. The van der Waals surface area contributed by atoms with Crippen molar-refractivity contribution in [3.63, 3.8) is 0 Å². The molecular weight excluding hydrogens is 378 g/mol. The molecular formula is C20H21N3O4S. The standard InChI is InChI=1S/C20H21N3O4S/c1-13(2)28(25,26)17-10-8-16(9-11-17)19-22-23-20(27-19)21-18(24)12-15-6-4-14(3)5-7-15/h4-11,13H,12H2,1-3H3,(H,21,23,24). The maximum absolute atomic E-state index is 12.2. The van der Waals surface area contributed by atoms with Gasteiger partial charge in [0.25, 0.3) is 0 Å². The molecule has 1 aromatic heterocycles. The summed E-state index contributed by atoms with van der Waals surface area (Å²) < 4.78 is 29.8. The summed E-state index contributed by atoms with van der Waals surface area (Å²) in [7, 11) is -3.34. The van der Waals surface area contributed by atoms with Crippen molar-refractivity contribution >= 4 is 21.8 Å². The number of sulfone groups is 1. The van der Waals surface area contributed by atoms with Crippen molar-refractivity contribution in [1.29, 1.82) is 0 Å². The minimum atomic E-state index is -3.34. The number of benzene rings is 2. The van der Waals surface area contributed by atoms with E-state index in [0.717, 1.165) is 11.1 Å². The van der Waals surface area contributed by atoms with Crippen LogP contribution in [0.4, 0.5) is 6.01 Å². The Morgan fingerprint density at radius 2 is 1.68 bits per heavy atom. The van der Waals surface area contributed by atoms with E-state index in [1.165, 1.54) is 12.1 Å². The van der Waals surface area contributed by atoms with E-state index in [4.69, 9.17) is 4.42 Å². The van der Waals surface area contributed by atoms with E-state index in [2.05, 4.69) is 15.5 Å². The Bertz CT molecular complexity index is 1070. The molecule has 146 valence electrons. The monoisotopic (exact) mass is 399 g/mol. The van der Waals surface area contributed by atoms with Crippen LogP contribution >= 0.6 is 0 Å². The van der Waals surface area contributed by atoms with Crippen LogP contribution in [0.25, 0.3) is 11.5 Å². The molecule has 0 aliphatic carbocycles. The van der Waals surface area contributed by atoms with Gasteiger partial charge in [-0.15, -0.1) is 5.10 Å². The summed E-state index contributed by atoms with van der Waals surface area (Å²) >= 11 is 0. The van der Waals surface area contributed by atoms with Crippen LogP contribution in [0.3, 0.4) is 0 Å². The highest BCUT2D eigenvalue weighted by molar-refractivity contribution is 7.92. The van der Waals surface area contributed by atoms with Crippen molar-refractivity contribution in [3.05, 3.63) is 59.7 Å². The number of aromatic nitrogens is 2. The molecule has 0 radical (unpaired) electrons. The van der Waals surface area contributed by atoms with Gasteiger partial charge >= 0.3 is 6.01 Å². The highest BCUT2D eigenvalue weighted by atomic mass is 32.2. The van der Waals surface area contributed by atoms with Gasteiger partial charge in [0, 0.05) is 5.56 Å². The first-order chi connectivity index (χ1) is 13.3. The second-order valence-electron chi connectivity index (χ2n) is 6.74. The number of hydrogen-bond donors (Lipinski definition) is 1. The number of aryl methyl sites for hydroxylation is 1. The lowest BCUT2D eigenvalue weighted by atomic mass is 10.1. The summed E-state index contributed by atoms with van der Waals surface area (Å²) in [5, 5.41) is 9.79. The predicted molar refractivity (Wildman–Crippen MR) is 106 cm³/mol. The van der Waals surface area contributed by atoms with Gasteiger partial charge in [0.15, 0.2) is 9.84 Å². The minimum absolute atomic E-state index is 0.00834. The van der Waals surface area contributed by atoms with Crippen molar-refractivity contribution < 1.29 is 17.6 Å². The molecule has 7 nitrogen and oxygen atoms in total. The molecule has 0 saturated carbocycles. The number of anilines is 1. The quantitative estimate of drug-likeness (QED) is 0.681. The van der Waals surface area contributed by atoms with Crippen molar-refractivity contribution in [2.75, 3.05) is 5.32 Å². The molecule has 1 heterocycles. The summed E-state index contributed by atoms with van der Waals surface area (Å²) in [6, 6.07) is 13.9. The van der Waals surface area contributed by atoms with Crippen molar-refractivity contribution in [2.45, 2.75) is 37.3 Å². The Hall–Kier alpha value is -3.00. The van der Waals surface area contributed by atoms with Crippen LogP contribution in [-0.2, 0) is 21.1 Å². The second kappa shape index (κ2) is 7.93. The predicted octanol–water partition coefficient (Wildman–Crippen LogP) is 3.41. The summed E-state index contributed by atoms with van der Waals surface area (Å²) in [5.41, 5.74) is 2.57. The Balaban J connectivity index is 1.68. The fraction of sp³-hybridized carbons (Fsp3) is 0.250. The smallest absolute Gasteiger partial charge is 0.322 e. The lowest BCUT2D eigenvalue weighted by molar-refractivity contribution is -0.115. The molecule has 3 rings (SSSR count). The van der Waals surface area contributed by atoms with E-state index in [1.807, 2.05) is 31.2 Å². The van der Waals surface area contributed by atoms with Crippen LogP contribution in [0.15, 0.2) is 57.8 Å². The lowest BCUT2D eigenvalue weighted by Crippen LogP contribution is -2.14. The van der Waals surface area contributed by atoms with Crippen LogP contribution < -0.4 is 5.32 Å². The van der Waals surface area contributed by atoms with E-state index in [-0.39, 0.29) is 29.1 Å². The first-order valence-electron chi connectivity index (χ1n) is 8.79. The van der Waals surface area contributed by atoms with Crippen molar-refractivity contribution in [3.8, 4) is 11.5 Å². The zero-order valence-electron chi connectivity index (χ0n) is 15.8. The van der Waals surface area contributed by atoms with E-state index < -0.39 is 15.1 Å². The van der Waals surface area contributed by atoms with Gasteiger partial charge in [-0.2, -0.15) is 0 Å². The molecule has 1 N–H and O–H groups in total. The van der Waals surface area contributed by atoms with Gasteiger partial charge in [0.2, 0.25) is 11.8 Å². The van der Waals surface area contributed by atoms with Gasteiger partial charge in [0.05, 0.1) is 16.6 Å². The first-order valence-corrected chi connectivity index (χ1v) is 10.3. The number of carbonyl (C=O) groups excluding carboxylic acids is 1. The van der Waals surface area contributed by atoms with E-state index >= 15 is 0 Å². The summed E-state index contributed by atoms with van der Waals surface area (Å²) in [6.45, 7) is 5.24. The molecule has 0 spiro atoms. The number of rotatable bonds is 6. The van der Waals surface area contributed by atoms with Crippen LogP contribution in [0.2, 0.25) is 0 Å². The fourth-order valence-corrected chi connectivity index (χ4v) is 3.56. The molecule has 2 aromatic carbocycles. The maximum atomic E-state index is 12.2. The largest absolute Gasteiger partial charge is 0.403 e. The Morgan fingerprint density at radius 3 is 2.29 bits per heavy atom. The Kier molecular flexibility index (Phi) is 5.60.